The number of hydrogen-bond donors (Lipinski definition) is 1. The van der Waals surface area contributed by atoms with Gasteiger partial charge < -0.3 is 24.5 Å². The second kappa shape index (κ2) is 10.9. The normalized spacial score (nSPS) is 14.4. The van der Waals surface area contributed by atoms with E-state index >= 15 is 0 Å². The van der Waals surface area contributed by atoms with E-state index in [9.17, 15) is 4.39 Å². The predicted octanol–water partition coefficient (Wildman–Crippen LogP) is 2.52. The minimum Gasteiger partial charge on any atom is -0.461 e. The molecule has 5 rings (SSSR count). The number of fused-ring (bicyclic) bond motifs is 1. The van der Waals surface area contributed by atoms with Crippen molar-refractivity contribution in [2.45, 2.75) is 13.1 Å². The summed E-state index contributed by atoms with van der Waals surface area (Å²) >= 11 is 0. The van der Waals surface area contributed by atoms with Gasteiger partial charge in [-0.25, -0.2) is 9.37 Å². The van der Waals surface area contributed by atoms with Crippen LogP contribution in [0.2, 0.25) is 0 Å². The maximum absolute atomic E-state index is 14.1. The fraction of sp³-hybridized carbons (Fsp3) is 0.360. The lowest BCUT2D eigenvalue weighted by molar-refractivity contribution is 0.0342. The summed E-state index contributed by atoms with van der Waals surface area (Å²) in [5.74, 6) is 0.213. The molecule has 0 radical (unpaired) electrons. The number of nitrogen functional groups attached to an aromatic ring is 1. The Balaban J connectivity index is 1.53. The highest BCUT2D eigenvalue weighted by molar-refractivity contribution is 5.85. The average molecular weight is 494 g/mol. The zero-order valence-electron chi connectivity index (χ0n) is 20.1. The van der Waals surface area contributed by atoms with E-state index in [1.54, 1.807) is 13.3 Å². The van der Waals surface area contributed by atoms with Crippen LogP contribution in [0.15, 0.2) is 42.7 Å². The molecule has 0 aliphatic carbocycles. The Bertz CT molecular complexity index is 1340. The number of hydrogen-bond acceptors (Lipinski definition) is 9. The molecule has 4 heterocycles. The third kappa shape index (κ3) is 5.43. The summed E-state index contributed by atoms with van der Waals surface area (Å²) in [6.45, 7) is 5.27. The number of pyridine rings is 1. The number of benzene rings is 1. The number of rotatable bonds is 9. The summed E-state index contributed by atoms with van der Waals surface area (Å²) < 4.78 is 32.1. The molecule has 0 amide bonds. The lowest BCUT2D eigenvalue weighted by atomic mass is 10.1. The van der Waals surface area contributed by atoms with Gasteiger partial charge in [0.25, 0.3) is 0 Å². The van der Waals surface area contributed by atoms with E-state index in [4.69, 9.17) is 19.9 Å². The van der Waals surface area contributed by atoms with Gasteiger partial charge in [0.05, 0.1) is 32.6 Å². The second-order valence-electron chi connectivity index (χ2n) is 8.53. The van der Waals surface area contributed by atoms with Crippen molar-refractivity contribution >= 4 is 17.0 Å². The van der Waals surface area contributed by atoms with Crippen LogP contribution in [0.5, 0.6) is 6.01 Å². The Labute approximate surface area is 207 Å². The first-order valence-corrected chi connectivity index (χ1v) is 11.7. The Kier molecular flexibility index (Phi) is 7.31. The van der Waals surface area contributed by atoms with Crippen LogP contribution in [0, 0.1) is 5.82 Å². The van der Waals surface area contributed by atoms with Crippen LogP contribution in [0.3, 0.4) is 0 Å². The van der Waals surface area contributed by atoms with E-state index in [1.165, 1.54) is 11.6 Å². The Hall–Kier alpha value is -3.67. The van der Waals surface area contributed by atoms with E-state index in [0.717, 1.165) is 44.6 Å². The van der Waals surface area contributed by atoms with Gasteiger partial charge in [0, 0.05) is 38.5 Å². The molecule has 4 aromatic rings. The minimum absolute atomic E-state index is 0.128. The molecule has 36 heavy (non-hydrogen) atoms. The van der Waals surface area contributed by atoms with Crippen molar-refractivity contribution in [1.82, 2.24) is 29.4 Å². The highest BCUT2D eigenvalue weighted by atomic mass is 19.1. The molecular weight excluding hydrogens is 465 g/mol. The second-order valence-corrected chi connectivity index (χ2v) is 8.53. The largest absolute Gasteiger partial charge is 0.461 e. The zero-order valence-corrected chi connectivity index (χ0v) is 20.1. The molecule has 0 unspecified atom stereocenters. The van der Waals surface area contributed by atoms with Gasteiger partial charge >= 0.3 is 6.01 Å². The molecular formula is C25H28FN7O3. The van der Waals surface area contributed by atoms with E-state index in [-0.39, 0.29) is 18.4 Å². The van der Waals surface area contributed by atoms with Gasteiger partial charge in [0.1, 0.15) is 18.2 Å². The summed E-state index contributed by atoms with van der Waals surface area (Å²) in [6, 6.07) is 9.88. The summed E-state index contributed by atoms with van der Waals surface area (Å²) in [4.78, 5) is 19.9. The molecule has 2 N–H and O–H groups in total. The SMILES string of the molecule is COCCOc1nc(N)c2nc(-c3cncc(F)c3)n(Cc3cccc(CN4CCOCC4)c3)c2n1. The highest BCUT2D eigenvalue weighted by Gasteiger charge is 2.20. The van der Waals surface area contributed by atoms with Crippen LogP contribution in [-0.4, -0.2) is 76.0 Å². The van der Waals surface area contributed by atoms with Crippen molar-refractivity contribution in [2.24, 2.45) is 0 Å². The number of imidazole rings is 1. The fourth-order valence-corrected chi connectivity index (χ4v) is 4.21. The molecule has 0 spiro atoms. The van der Waals surface area contributed by atoms with Crippen LogP contribution in [-0.2, 0) is 22.6 Å². The molecule has 1 fully saturated rings. The topological polar surface area (TPSA) is 113 Å². The quantitative estimate of drug-likeness (QED) is 0.351. The van der Waals surface area contributed by atoms with E-state index in [2.05, 4.69) is 37.0 Å². The molecule has 11 heteroatoms. The van der Waals surface area contributed by atoms with Crippen LogP contribution < -0.4 is 10.5 Å². The summed E-state index contributed by atoms with van der Waals surface area (Å²) in [5, 5.41) is 0. The average Bonchev–Trinajstić information content (AvgIpc) is 3.24. The molecule has 1 aliphatic heterocycles. The fourth-order valence-electron chi connectivity index (χ4n) is 4.21. The lowest BCUT2D eigenvalue weighted by Gasteiger charge is -2.26. The van der Waals surface area contributed by atoms with Gasteiger partial charge in [-0.3, -0.25) is 9.88 Å². The lowest BCUT2D eigenvalue weighted by Crippen LogP contribution is -2.35. The van der Waals surface area contributed by atoms with Crippen molar-refractivity contribution < 1.29 is 18.6 Å². The highest BCUT2D eigenvalue weighted by Crippen LogP contribution is 2.29. The van der Waals surface area contributed by atoms with E-state index in [1.807, 2.05) is 16.7 Å². The number of nitrogens with zero attached hydrogens (tertiary/aromatic N) is 6. The number of morpholine rings is 1. The number of anilines is 1. The Morgan fingerprint density at radius 1 is 1.03 bits per heavy atom. The third-order valence-electron chi connectivity index (χ3n) is 5.92. The first kappa shape index (κ1) is 24.0. The molecule has 1 aromatic carbocycles. The third-order valence-corrected chi connectivity index (χ3v) is 5.92. The molecule has 0 bridgehead atoms. The number of methoxy groups -OCH3 is 1. The maximum Gasteiger partial charge on any atom is 0.320 e. The van der Waals surface area contributed by atoms with Gasteiger partial charge in [-0.05, 0) is 17.2 Å². The molecule has 10 nitrogen and oxygen atoms in total. The smallest absolute Gasteiger partial charge is 0.320 e. The molecule has 188 valence electrons. The monoisotopic (exact) mass is 493 g/mol. The molecule has 0 saturated carbocycles. The van der Waals surface area contributed by atoms with Gasteiger partial charge in [0.15, 0.2) is 17.0 Å². The molecule has 3 aromatic heterocycles. The van der Waals surface area contributed by atoms with Crippen LogP contribution >= 0.6 is 0 Å². The number of halogens is 1. The Morgan fingerprint density at radius 2 is 1.83 bits per heavy atom. The van der Waals surface area contributed by atoms with Crippen molar-refractivity contribution in [3.8, 4) is 17.4 Å². The Morgan fingerprint density at radius 3 is 2.61 bits per heavy atom. The van der Waals surface area contributed by atoms with Crippen LogP contribution in [0.4, 0.5) is 10.2 Å². The first-order valence-electron chi connectivity index (χ1n) is 11.7. The first-order chi connectivity index (χ1) is 17.6. The predicted molar refractivity (Wildman–Crippen MR) is 132 cm³/mol. The summed E-state index contributed by atoms with van der Waals surface area (Å²) in [7, 11) is 1.59. The molecule has 1 aliphatic rings. The van der Waals surface area contributed by atoms with E-state index in [0.29, 0.717) is 35.7 Å². The van der Waals surface area contributed by atoms with Crippen LogP contribution in [0.25, 0.3) is 22.6 Å². The van der Waals surface area contributed by atoms with Crippen molar-refractivity contribution in [3.05, 3.63) is 59.7 Å². The standard InChI is InChI=1S/C25H28FN7O3/c1-34-9-10-36-25-30-22(27)21-24(31-25)33(23(29-21)19-12-20(26)14-28-13-19)16-18-4-2-3-17(11-18)15-32-5-7-35-8-6-32/h2-4,11-14H,5-10,15-16H2,1H3,(H2,27,30,31). The van der Waals surface area contributed by atoms with Gasteiger partial charge in [0.2, 0.25) is 0 Å². The van der Waals surface area contributed by atoms with Gasteiger partial charge in [-0.15, -0.1) is 0 Å². The number of nitrogens with two attached hydrogens (primary N) is 1. The number of aromatic nitrogens is 5. The van der Waals surface area contributed by atoms with Gasteiger partial charge in [-0.2, -0.15) is 9.97 Å². The minimum atomic E-state index is -0.457. The van der Waals surface area contributed by atoms with Gasteiger partial charge in [-0.1, -0.05) is 24.3 Å². The number of ether oxygens (including phenoxy) is 3. The zero-order chi connectivity index (χ0) is 24.9. The molecule has 0 atom stereocenters. The maximum atomic E-state index is 14.1. The van der Waals surface area contributed by atoms with Crippen molar-refractivity contribution in [1.29, 1.82) is 0 Å². The van der Waals surface area contributed by atoms with Crippen molar-refractivity contribution in [3.63, 3.8) is 0 Å². The summed E-state index contributed by atoms with van der Waals surface area (Å²) in [5.41, 5.74) is 9.90. The van der Waals surface area contributed by atoms with Crippen molar-refractivity contribution in [2.75, 3.05) is 52.4 Å². The summed E-state index contributed by atoms with van der Waals surface area (Å²) in [6.07, 6.45) is 2.72. The van der Waals surface area contributed by atoms with Crippen LogP contribution in [0.1, 0.15) is 11.1 Å². The molecule has 1 saturated heterocycles. The van der Waals surface area contributed by atoms with E-state index < -0.39 is 5.82 Å².